The Morgan fingerprint density at radius 2 is 2.53 bits per heavy atom. The minimum atomic E-state index is -0.121. The first kappa shape index (κ1) is 14.0. The molecule has 2 heterocycles. The van der Waals surface area contributed by atoms with E-state index in [-0.39, 0.29) is 11.9 Å². The van der Waals surface area contributed by atoms with Crippen molar-refractivity contribution < 1.29 is 9.53 Å². The minimum Gasteiger partial charge on any atom is -0.381 e. The average molecular weight is 266 g/mol. The Balaban J connectivity index is 2.06. The number of carbonyl (C=O) groups excluding carboxylic acids is 1. The molecule has 0 spiro atoms. The summed E-state index contributed by atoms with van der Waals surface area (Å²) < 4.78 is 7.21. The number of likely N-dealkylation sites (N-methyl/N-ethyl adjacent to an activating group) is 1. The molecule has 0 bridgehead atoms. The molecule has 0 radical (unpaired) electrons. The van der Waals surface area contributed by atoms with Gasteiger partial charge in [0.25, 0.3) is 0 Å². The van der Waals surface area contributed by atoms with Gasteiger partial charge in [-0.3, -0.25) is 4.79 Å². The number of imidazole rings is 1. The van der Waals surface area contributed by atoms with Crippen LogP contribution < -0.4 is 5.73 Å². The zero-order valence-corrected chi connectivity index (χ0v) is 11.6. The standard InChI is InChI=1S/C13H22N4O2/c1-3-16(2)12(18)7-17-9-15-6-11(17)13(14)10-4-5-19-8-10/h6,9-10,13H,3-5,7-8,14H2,1-2H3. The number of aromatic nitrogens is 2. The molecule has 19 heavy (non-hydrogen) atoms. The Kier molecular flexibility index (Phi) is 4.55. The van der Waals surface area contributed by atoms with Gasteiger partial charge < -0.3 is 19.9 Å². The second kappa shape index (κ2) is 6.16. The van der Waals surface area contributed by atoms with Gasteiger partial charge in [0.2, 0.25) is 5.91 Å². The maximum Gasteiger partial charge on any atom is 0.242 e. The third kappa shape index (κ3) is 3.13. The van der Waals surface area contributed by atoms with Gasteiger partial charge in [-0.2, -0.15) is 0 Å². The zero-order valence-electron chi connectivity index (χ0n) is 11.6. The number of amides is 1. The highest BCUT2D eigenvalue weighted by atomic mass is 16.5. The molecular weight excluding hydrogens is 244 g/mol. The van der Waals surface area contributed by atoms with E-state index in [4.69, 9.17) is 10.5 Å². The number of ether oxygens (including phenoxy) is 1. The summed E-state index contributed by atoms with van der Waals surface area (Å²) in [5.74, 6) is 0.381. The minimum absolute atomic E-state index is 0.0663. The molecule has 2 N–H and O–H groups in total. The van der Waals surface area contributed by atoms with E-state index >= 15 is 0 Å². The van der Waals surface area contributed by atoms with Crippen LogP contribution in [0.1, 0.15) is 25.1 Å². The Bertz CT molecular complexity index is 426. The van der Waals surface area contributed by atoms with Crippen LogP contribution in [0.4, 0.5) is 0 Å². The van der Waals surface area contributed by atoms with Crippen LogP contribution in [0, 0.1) is 5.92 Å². The number of hydrogen-bond acceptors (Lipinski definition) is 4. The second-order valence-corrected chi connectivity index (χ2v) is 5.00. The lowest BCUT2D eigenvalue weighted by Crippen LogP contribution is -2.32. The van der Waals surface area contributed by atoms with Crippen molar-refractivity contribution in [2.45, 2.75) is 25.9 Å². The third-order valence-electron chi connectivity index (χ3n) is 3.76. The molecule has 2 rings (SSSR count). The molecule has 0 aromatic carbocycles. The fourth-order valence-corrected chi connectivity index (χ4v) is 2.26. The number of nitrogens with two attached hydrogens (primary N) is 1. The van der Waals surface area contributed by atoms with Crippen LogP contribution in [-0.4, -0.2) is 47.2 Å². The molecule has 1 aromatic heterocycles. The quantitative estimate of drug-likeness (QED) is 0.837. The third-order valence-corrected chi connectivity index (χ3v) is 3.76. The van der Waals surface area contributed by atoms with Gasteiger partial charge in [0.1, 0.15) is 6.54 Å². The molecule has 1 aliphatic rings. The monoisotopic (exact) mass is 266 g/mol. The fourth-order valence-electron chi connectivity index (χ4n) is 2.26. The van der Waals surface area contributed by atoms with E-state index in [0.717, 1.165) is 18.7 Å². The lowest BCUT2D eigenvalue weighted by atomic mass is 9.97. The van der Waals surface area contributed by atoms with E-state index < -0.39 is 0 Å². The molecule has 6 nitrogen and oxygen atoms in total. The van der Waals surface area contributed by atoms with Gasteiger partial charge in [-0.25, -0.2) is 4.98 Å². The van der Waals surface area contributed by atoms with Crippen LogP contribution in [0.25, 0.3) is 0 Å². The van der Waals surface area contributed by atoms with Gasteiger partial charge in [-0.05, 0) is 13.3 Å². The van der Waals surface area contributed by atoms with Gasteiger partial charge in [-0.15, -0.1) is 0 Å². The van der Waals surface area contributed by atoms with E-state index in [1.54, 1.807) is 24.5 Å². The van der Waals surface area contributed by atoms with E-state index in [0.29, 0.717) is 25.6 Å². The van der Waals surface area contributed by atoms with Crippen LogP contribution in [0.3, 0.4) is 0 Å². The molecule has 0 saturated carbocycles. The second-order valence-electron chi connectivity index (χ2n) is 5.00. The highest BCUT2D eigenvalue weighted by molar-refractivity contribution is 5.75. The van der Waals surface area contributed by atoms with Crippen molar-refractivity contribution in [3.8, 4) is 0 Å². The highest BCUT2D eigenvalue weighted by Crippen LogP contribution is 2.26. The summed E-state index contributed by atoms with van der Waals surface area (Å²) in [5, 5.41) is 0. The van der Waals surface area contributed by atoms with Crippen LogP contribution in [0.5, 0.6) is 0 Å². The molecule has 1 aliphatic heterocycles. The van der Waals surface area contributed by atoms with Crippen molar-refractivity contribution in [3.05, 3.63) is 18.2 Å². The molecule has 2 unspecified atom stereocenters. The summed E-state index contributed by atoms with van der Waals surface area (Å²) >= 11 is 0. The first-order chi connectivity index (χ1) is 9.13. The molecular formula is C13H22N4O2. The zero-order chi connectivity index (χ0) is 13.8. The Labute approximate surface area is 113 Å². The molecule has 2 atom stereocenters. The van der Waals surface area contributed by atoms with Gasteiger partial charge in [0, 0.05) is 32.3 Å². The SMILES string of the molecule is CCN(C)C(=O)Cn1cncc1C(N)C1CCOC1. The predicted molar refractivity (Wildman–Crippen MR) is 71.4 cm³/mol. The fraction of sp³-hybridized carbons (Fsp3) is 0.692. The largest absolute Gasteiger partial charge is 0.381 e. The number of nitrogens with zero attached hydrogens (tertiary/aromatic N) is 3. The summed E-state index contributed by atoms with van der Waals surface area (Å²) in [6, 6.07) is -0.121. The molecule has 0 aliphatic carbocycles. The Hall–Kier alpha value is -1.40. The Morgan fingerprint density at radius 3 is 3.16 bits per heavy atom. The maximum absolute atomic E-state index is 11.9. The number of hydrogen-bond donors (Lipinski definition) is 1. The summed E-state index contributed by atoms with van der Waals surface area (Å²) in [6.07, 6.45) is 4.39. The van der Waals surface area contributed by atoms with Crippen molar-refractivity contribution in [2.75, 3.05) is 26.8 Å². The van der Waals surface area contributed by atoms with Crippen molar-refractivity contribution in [1.82, 2.24) is 14.5 Å². The smallest absolute Gasteiger partial charge is 0.242 e. The van der Waals surface area contributed by atoms with Gasteiger partial charge in [0.15, 0.2) is 0 Å². The average Bonchev–Trinajstić information content (AvgIpc) is 3.07. The van der Waals surface area contributed by atoms with Crippen LogP contribution >= 0.6 is 0 Å². The number of rotatable bonds is 5. The number of carbonyl (C=O) groups is 1. The first-order valence-corrected chi connectivity index (χ1v) is 6.70. The van der Waals surface area contributed by atoms with Crippen molar-refractivity contribution in [2.24, 2.45) is 11.7 Å². The van der Waals surface area contributed by atoms with Crippen molar-refractivity contribution in [3.63, 3.8) is 0 Å². The summed E-state index contributed by atoms with van der Waals surface area (Å²) in [7, 11) is 1.80. The molecule has 1 amide bonds. The topological polar surface area (TPSA) is 73.4 Å². The van der Waals surface area contributed by atoms with Gasteiger partial charge in [0.05, 0.1) is 24.7 Å². The van der Waals surface area contributed by atoms with Gasteiger partial charge in [-0.1, -0.05) is 0 Å². The highest BCUT2D eigenvalue weighted by Gasteiger charge is 2.26. The van der Waals surface area contributed by atoms with Crippen molar-refractivity contribution in [1.29, 1.82) is 0 Å². The van der Waals surface area contributed by atoms with E-state index in [2.05, 4.69) is 4.98 Å². The van der Waals surface area contributed by atoms with Crippen LogP contribution in [0.2, 0.25) is 0 Å². The van der Waals surface area contributed by atoms with Crippen LogP contribution in [0.15, 0.2) is 12.5 Å². The maximum atomic E-state index is 11.9. The summed E-state index contributed by atoms with van der Waals surface area (Å²) in [6.45, 7) is 4.40. The Morgan fingerprint density at radius 1 is 1.74 bits per heavy atom. The summed E-state index contributed by atoms with van der Waals surface area (Å²) in [5.41, 5.74) is 7.17. The predicted octanol–water partition coefficient (Wildman–Crippen LogP) is 0.398. The van der Waals surface area contributed by atoms with Gasteiger partial charge >= 0.3 is 0 Å². The lowest BCUT2D eigenvalue weighted by Gasteiger charge is -2.21. The first-order valence-electron chi connectivity index (χ1n) is 6.70. The summed E-state index contributed by atoms with van der Waals surface area (Å²) in [4.78, 5) is 17.8. The van der Waals surface area contributed by atoms with Crippen LogP contribution in [-0.2, 0) is 16.1 Å². The molecule has 6 heteroatoms. The molecule has 1 aromatic rings. The normalized spacial score (nSPS) is 20.5. The molecule has 106 valence electrons. The van der Waals surface area contributed by atoms with Crippen molar-refractivity contribution >= 4 is 5.91 Å². The molecule has 1 fully saturated rings. The van der Waals surface area contributed by atoms with E-state index in [1.165, 1.54) is 0 Å². The van der Waals surface area contributed by atoms with E-state index in [1.807, 2.05) is 11.5 Å². The lowest BCUT2D eigenvalue weighted by molar-refractivity contribution is -0.130. The molecule has 1 saturated heterocycles. The van der Waals surface area contributed by atoms with E-state index in [9.17, 15) is 4.79 Å².